The van der Waals surface area contributed by atoms with Crippen LogP contribution in [0.4, 0.5) is 0 Å². The molecule has 0 radical (unpaired) electrons. The number of halogens is 1. The summed E-state index contributed by atoms with van der Waals surface area (Å²) in [4.78, 5) is 12.6. The molecule has 0 aromatic carbocycles. The van der Waals surface area contributed by atoms with E-state index in [2.05, 4.69) is 21.0 Å². The Balaban J connectivity index is 1.78. The maximum atomic E-state index is 12.6. The van der Waals surface area contributed by atoms with Crippen LogP contribution in [-0.2, 0) is 11.3 Å². The first-order valence-electron chi connectivity index (χ1n) is 6.48. The Labute approximate surface area is 115 Å². The van der Waals surface area contributed by atoms with Gasteiger partial charge in [0, 0.05) is 13.0 Å². The Morgan fingerprint density at radius 3 is 2.94 bits per heavy atom. The fraction of sp³-hybridized carbons (Fsp3) is 0.692. The number of nitrogens with zero attached hydrogens (tertiary/aromatic N) is 2. The van der Waals surface area contributed by atoms with E-state index in [0.717, 1.165) is 10.2 Å². The number of carbonyl (C=O) groups excluding carboxylic acids is 1. The van der Waals surface area contributed by atoms with Gasteiger partial charge in [-0.1, -0.05) is 6.42 Å². The van der Waals surface area contributed by atoms with Gasteiger partial charge in [-0.25, -0.2) is 0 Å². The molecule has 4 nitrogen and oxygen atoms in total. The number of fused-ring (bicyclic) bond motifs is 1. The average molecular weight is 313 g/mol. The minimum atomic E-state index is 0.257. The summed E-state index contributed by atoms with van der Waals surface area (Å²) in [5.74, 6) is 1.82. The first kappa shape index (κ1) is 12.4. The van der Waals surface area contributed by atoms with Crippen LogP contribution >= 0.6 is 15.9 Å². The smallest absolute Gasteiger partial charge is 0.185 e. The topological polar surface area (TPSA) is 44.1 Å². The molecule has 0 bridgehead atoms. The first-order chi connectivity index (χ1) is 8.74. The Hall–Kier alpha value is -0.680. The molecule has 0 N–H and O–H groups in total. The summed E-state index contributed by atoms with van der Waals surface area (Å²) in [5.41, 5.74) is 0.728. The molecular weight excluding hydrogens is 296 g/mol. The number of carbonyl (C=O) groups is 1. The second-order valence-electron chi connectivity index (χ2n) is 5.21. The van der Waals surface area contributed by atoms with Crippen LogP contribution in [0.15, 0.2) is 10.7 Å². The molecule has 2 fully saturated rings. The zero-order valence-corrected chi connectivity index (χ0v) is 12.0. The Kier molecular flexibility index (Phi) is 3.28. The van der Waals surface area contributed by atoms with E-state index in [1.807, 2.05) is 0 Å². The van der Waals surface area contributed by atoms with E-state index >= 15 is 0 Å². The number of ether oxygens (including phenoxy) is 1. The van der Waals surface area contributed by atoms with Crippen LogP contribution in [0.1, 0.15) is 29.8 Å². The molecule has 1 aromatic rings. The van der Waals surface area contributed by atoms with Crippen molar-refractivity contribution < 1.29 is 9.53 Å². The van der Waals surface area contributed by atoms with E-state index in [1.54, 1.807) is 18.0 Å². The predicted molar refractivity (Wildman–Crippen MR) is 70.5 cm³/mol. The van der Waals surface area contributed by atoms with E-state index < -0.39 is 0 Å². The van der Waals surface area contributed by atoms with Gasteiger partial charge in [-0.05, 0) is 40.6 Å². The van der Waals surface area contributed by atoms with Gasteiger partial charge in [-0.15, -0.1) is 0 Å². The third-order valence-electron chi connectivity index (χ3n) is 4.24. The summed E-state index contributed by atoms with van der Waals surface area (Å²) in [7, 11) is 1.66. The van der Waals surface area contributed by atoms with Crippen LogP contribution < -0.4 is 0 Å². The number of aromatic nitrogens is 2. The van der Waals surface area contributed by atoms with Crippen molar-refractivity contribution in [3.8, 4) is 0 Å². The summed E-state index contributed by atoms with van der Waals surface area (Å²) in [6.07, 6.45) is 5.46. The molecule has 3 rings (SSSR count). The normalized spacial score (nSPS) is 29.3. The highest BCUT2D eigenvalue weighted by molar-refractivity contribution is 9.10. The first-order valence-corrected chi connectivity index (χ1v) is 7.27. The van der Waals surface area contributed by atoms with Crippen molar-refractivity contribution >= 4 is 21.7 Å². The third kappa shape index (κ3) is 1.93. The SMILES string of the molecule is COCCn1ncc(Br)c1C(=O)C1C2CCCC21. The molecule has 0 aliphatic heterocycles. The van der Waals surface area contributed by atoms with Crippen molar-refractivity contribution in [3.63, 3.8) is 0 Å². The molecule has 1 aromatic heterocycles. The van der Waals surface area contributed by atoms with Crippen molar-refractivity contribution in [1.29, 1.82) is 0 Å². The molecule has 0 amide bonds. The molecule has 98 valence electrons. The second-order valence-corrected chi connectivity index (χ2v) is 6.06. The van der Waals surface area contributed by atoms with Crippen LogP contribution in [-0.4, -0.2) is 29.3 Å². The monoisotopic (exact) mass is 312 g/mol. The van der Waals surface area contributed by atoms with Gasteiger partial charge in [0.1, 0.15) is 5.69 Å². The number of hydrogen-bond acceptors (Lipinski definition) is 3. The molecule has 2 saturated carbocycles. The van der Waals surface area contributed by atoms with Crippen molar-refractivity contribution in [2.75, 3.05) is 13.7 Å². The molecule has 1 heterocycles. The highest BCUT2D eigenvalue weighted by Gasteiger charge is 2.57. The molecule has 2 aliphatic carbocycles. The van der Waals surface area contributed by atoms with Crippen molar-refractivity contribution in [3.05, 3.63) is 16.4 Å². The number of Topliss-reactive ketones (excluding diaryl/α,β-unsaturated/α-hetero) is 1. The number of hydrogen-bond donors (Lipinski definition) is 0. The molecule has 5 heteroatoms. The number of rotatable bonds is 5. The highest BCUT2D eigenvalue weighted by Crippen LogP contribution is 2.58. The molecule has 2 aliphatic rings. The molecule has 18 heavy (non-hydrogen) atoms. The van der Waals surface area contributed by atoms with Crippen molar-refractivity contribution in [1.82, 2.24) is 9.78 Å². The minimum Gasteiger partial charge on any atom is -0.383 e. The lowest BCUT2D eigenvalue weighted by Crippen LogP contribution is -2.16. The van der Waals surface area contributed by atoms with E-state index in [4.69, 9.17) is 4.74 Å². The highest BCUT2D eigenvalue weighted by atomic mass is 79.9. The molecular formula is C13H17BrN2O2. The lowest BCUT2D eigenvalue weighted by atomic mass is 10.1. The minimum absolute atomic E-state index is 0.257. The van der Waals surface area contributed by atoms with Gasteiger partial charge in [0.2, 0.25) is 0 Å². The summed E-state index contributed by atoms with van der Waals surface area (Å²) < 4.78 is 7.63. The molecule has 2 atom stereocenters. The molecule has 0 saturated heterocycles. The van der Waals surface area contributed by atoms with E-state index in [9.17, 15) is 4.79 Å². The van der Waals surface area contributed by atoms with Crippen LogP contribution in [0.5, 0.6) is 0 Å². The maximum absolute atomic E-state index is 12.6. The van der Waals surface area contributed by atoms with Gasteiger partial charge in [-0.3, -0.25) is 9.48 Å². The largest absolute Gasteiger partial charge is 0.383 e. The fourth-order valence-corrected chi connectivity index (χ4v) is 3.81. The zero-order chi connectivity index (χ0) is 12.7. The van der Waals surface area contributed by atoms with Gasteiger partial charge < -0.3 is 4.74 Å². The Morgan fingerprint density at radius 2 is 2.28 bits per heavy atom. The van der Waals surface area contributed by atoms with Gasteiger partial charge in [0.05, 0.1) is 23.8 Å². The molecule has 2 unspecified atom stereocenters. The maximum Gasteiger partial charge on any atom is 0.185 e. The fourth-order valence-electron chi connectivity index (χ4n) is 3.32. The van der Waals surface area contributed by atoms with E-state index in [0.29, 0.717) is 25.0 Å². The number of ketones is 1. The zero-order valence-electron chi connectivity index (χ0n) is 10.4. The van der Waals surface area contributed by atoms with Crippen molar-refractivity contribution in [2.24, 2.45) is 17.8 Å². The third-order valence-corrected chi connectivity index (χ3v) is 4.82. The van der Waals surface area contributed by atoms with Crippen LogP contribution in [0.25, 0.3) is 0 Å². The lowest BCUT2D eigenvalue weighted by molar-refractivity contribution is 0.0936. The van der Waals surface area contributed by atoms with Crippen LogP contribution in [0, 0.1) is 17.8 Å². The van der Waals surface area contributed by atoms with Gasteiger partial charge in [-0.2, -0.15) is 5.10 Å². The predicted octanol–water partition coefficient (Wildman–Crippen LogP) is 2.52. The second kappa shape index (κ2) is 4.78. The van der Waals surface area contributed by atoms with Gasteiger partial charge >= 0.3 is 0 Å². The van der Waals surface area contributed by atoms with Crippen LogP contribution in [0.2, 0.25) is 0 Å². The quantitative estimate of drug-likeness (QED) is 0.785. The summed E-state index contributed by atoms with van der Waals surface area (Å²) in [6, 6.07) is 0. The van der Waals surface area contributed by atoms with E-state index in [1.165, 1.54) is 19.3 Å². The summed E-state index contributed by atoms with van der Waals surface area (Å²) in [6.45, 7) is 1.21. The van der Waals surface area contributed by atoms with Crippen molar-refractivity contribution in [2.45, 2.75) is 25.8 Å². The number of methoxy groups -OCH3 is 1. The van der Waals surface area contributed by atoms with Crippen LogP contribution in [0.3, 0.4) is 0 Å². The molecule has 0 spiro atoms. The Bertz CT molecular complexity index is 462. The standard InChI is InChI=1S/C13H17BrN2O2/c1-18-6-5-16-12(10(14)7-15-16)13(17)11-8-3-2-4-9(8)11/h7-9,11H,2-6H2,1H3. The van der Waals surface area contributed by atoms with Gasteiger partial charge in [0.15, 0.2) is 5.78 Å². The average Bonchev–Trinajstić information content (AvgIpc) is 2.73. The Morgan fingerprint density at radius 1 is 1.56 bits per heavy atom. The van der Waals surface area contributed by atoms with Gasteiger partial charge in [0.25, 0.3) is 0 Å². The lowest BCUT2D eigenvalue weighted by Gasteiger charge is -2.08. The summed E-state index contributed by atoms with van der Waals surface area (Å²) >= 11 is 3.44. The summed E-state index contributed by atoms with van der Waals surface area (Å²) in [5, 5.41) is 4.25. The van der Waals surface area contributed by atoms with E-state index in [-0.39, 0.29) is 11.7 Å².